The molecule has 0 radical (unpaired) electrons. The Labute approximate surface area is 147 Å². The third kappa shape index (κ3) is 4.57. The van der Waals surface area contributed by atoms with Crippen LogP contribution in [0.25, 0.3) is 15.7 Å². The van der Waals surface area contributed by atoms with E-state index < -0.39 is 23.4 Å². The molecule has 0 bridgehead atoms. The van der Waals surface area contributed by atoms with E-state index in [2.05, 4.69) is 13.5 Å². The van der Waals surface area contributed by atoms with Crippen LogP contribution in [0.2, 0.25) is 0 Å². The minimum Gasteiger partial charge on any atom is -0.211 e. The molecule has 1 heterocycles. The lowest BCUT2D eigenvalue weighted by Crippen LogP contribution is -2.13. The maximum Gasteiger partial charge on any atom is 0.421 e. The predicted molar refractivity (Wildman–Crippen MR) is 93.9 cm³/mol. The van der Waals surface area contributed by atoms with Crippen LogP contribution < -0.4 is 0 Å². The fraction of sp³-hybridized carbons (Fsp3) is 0.263. The van der Waals surface area contributed by atoms with Crippen LogP contribution in [-0.2, 0) is 6.42 Å². The van der Waals surface area contributed by atoms with E-state index in [1.54, 1.807) is 6.07 Å². The molecule has 0 aliphatic heterocycles. The number of alkyl halides is 3. The number of halogens is 5. The van der Waals surface area contributed by atoms with Gasteiger partial charge in [-0.2, -0.15) is 13.2 Å². The summed E-state index contributed by atoms with van der Waals surface area (Å²) < 4.78 is 66.3. The van der Waals surface area contributed by atoms with Crippen LogP contribution in [0.3, 0.4) is 0 Å². The second-order valence-electron chi connectivity index (χ2n) is 5.66. The average molecular weight is 372 g/mol. The minimum atomic E-state index is -5.10. The van der Waals surface area contributed by atoms with Gasteiger partial charge in [-0.15, -0.1) is 11.3 Å². The van der Waals surface area contributed by atoms with Crippen molar-refractivity contribution in [1.29, 1.82) is 0 Å². The molecule has 2 aromatic rings. The van der Waals surface area contributed by atoms with Crippen molar-refractivity contribution < 1.29 is 22.0 Å². The SMILES string of the molecule is C=C(/C=C(F)\C(=C(/C)F)C(F)(F)F)c1cc2ccc(CCC)cc2s1. The summed E-state index contributed by atoms with van der Waals surface area (Å²) in [5, 5.41) is 0.906. The van der Waals surface area contributed by atoms with Gasteiger partial charge < -0.3 is 0 Å². The van der Waals surface area contributed by atoms with Gasteiger partial charge in [0.1, 0.15) is 17.2 Å². The summed E-state index contributed by atoms with van der Waals surface area (Å²) in [7, 11) is 0. The summed E-state index contributed by atoms with van der Waals surface area (Å²) in [6.07, 6.45) is -2.55. The average Bonchev–Trinajstić information content (AvgIpc) is 2.88. The van der Waals surface area contributed by atoms with Gasteiger partial charge >= 0.3 is 6.18 Å². The monoisotopic (exact) mass is 372 g/mol. The summed E-state index contributed by atoms with van der Waals surface area (Å²) >= 11 is 1.31. The van der Waals surface area contributed by atoms with Crippen LogP contribution in [0.5, 0.6) is 0 Å². The van der Waals surface area contributed by atoms with Crippen molar-refractivity contribution >= 4 is 27.0 Å². The summed E-state index contributed by atoms with van der Waals surface area (Å²) in [5.41, 5.74) is -0.676. The summed E-state index contributed by atoms with van der Waals surface area (Å²) in [6, 6.07) is 7.65. The Morgan fingerprint density at radius 1 is 1.20 bits per heavy atom. The van der Waals surface area contributed by atoms with Gasteiger partial charge in [-0.05, 0) is 48.1 Å². The van der Waals surface area contributed by atoms with Gasteiger partial charge in [-0.25, -0.2) is 8.78 Å². The number of benzene rings is 1. The Morgan fingerprint density at radius 2 is 1.88 bits per heavy atom. The predicted octanol–water partition coefficient (Wildman–Crippen LogP) is 7.53. The van der Waals surface area contributed by atoms with Crippen molar-refractivity contribution in [2.75, 3.05) is 0 Å². The van der Waals surface area contributed by atoms with E-state index in [4.69, 9.17) is 0 Å². The van der Waals surface area contributed by atoms with E-state index in [-0.39, 0.29) is 5.57 Å². The second kappa shape index (κ2) is 7.52. The van der Waals surface area contributed by atoms with Crippen LogP contribution >= 0.6 is 11.3 Å². The van der Waals surface area contributed by atoms with Crippen molar-refractivity contribution in [2.45, 2.75) is 32.9 Å². The fourth-order valence-electron chi connectivity index (χ4n) is 2.47. The smallest absolute Gasteiger partial charge is 0.211 e. The van der Waals surface area contributed by atoms with Crippen LogP contribution in [0.1, 0.15) is 30.7 Å². The molecule has 0 fully saturated rings. The van der Waals surface area contributed by atoms with Crippen LogP contribution in [0.4, 0.5) is 22.0 Å². The lowest BCUT2D eigenvalue weighted by Gasteiger charge is -2.10. The Morgan fingerprint density at radius 3 is 2.44 bits per heavy atom. The zero-order valence-corrected chi connectivity index (χ0v) is 14.6. The molecule has 0 saturated heterocycles. The molecule has 2 rings (SSSR count). The number of allylic oxidation sites excluding steroid dienone is 5. The molecule has 0 aliphatic carbocycles. The molecule has 0 saturated carbocycles. The Bertz CT molecular complexity index is 848. The van der Waals surface area contributed by atoms with E-state index in [1.807, 2.05) is 18.2 Å². The maximum atomic E-state index is 14.0. The molecule has 1 aromatic heterocycles. The molecule has 1 aromatic carbocycles. The highest BCUT2D eigenvalue weighted by atomic mass is 32.1. The molecule has 25 heavy (non-hydrogen) atoms. The molecule has 0 N–H and O–H groups in total. The van der Waals surface area contributed by atoms with Gasteiger partial charge in [0.25, 0.3) is 0 Å². The molecule has 6 heteroatoms. The Balaban J connectivity index is 2.37. The highest BCUT2D eigenvalue weighted by molar-refractivity contribution is 7.20. The Hall–Kier alpha value is -1.95. The van der Waals surface area contributed by atoms with E-state index in [0.29, 0.717) is 17.9 Å². The van der Waals surface area contributed by atoms with Crippen molar-refractivity contribution in [3.05, 3.63) is 64.6 Å². The van der Waals surface area contributed by atoms with E-state index in [1.165, 1.54) is 11.3 Å². The summed E-state index contributed by atoms with van der Waals surface area (Å²) in [4.78, 5) is 0.539. The van der Waals surface area contributed by atoms with E-state index in [9.17, 15) is 22.0 Å². The first-order valence-corrected chi connectivity index (χ1v) is 8.48. The zero-order chi connectivity index (χ0) is 18.8. The van der Waals surface area contributed by atoms with Gasteiger partial charge in [-0.3, -0.25) is 0 Å². The molecule has 0 aliphatic rings. The van der Waals surface area contributed by atoms with E-state index in [0.717, 1.165) is 28.5 Å². The quantitative estimate of drug-likeness (QED) is 0.376. The second-order valence-corrected chi connectivity index (χ2v) is 6.74. The molecule has 0 unspecified atom stereocenters. The first-order chi connectivity index (χ1) is 11.6. The lowest BCUT2D eigenvalue weighted by atomic mass is 10.1. The zero-order valence-electron chi connectivity index (χ0n) is 13.8. The largest absolute Gasteiger partial charge is 0.421 e. The van der Waals surface area contributed by atoms with Crippen molar-refractivity contribution in [3.8, 4) is 0 Å². The topological polar surface area (TPSA) is 0 Å². The molecule has 0 amide bonds. The van der Waals surface area contributed by atoms with Gasteiger partial charge in [0.05, 0.1) is 0 Å². The first-order valence-electron chi connectivity index (χ1n) is 7.66. The minimum absolute atomic E-state index is 0.0683. The molecule has 0 spiro atoms. The van der Waals surface area contributed by atoms with Gasteiger partial charge in [-0.1, -0.05) is 32.1 Å². The molecular formula is C19H17F5S. The Kier molecular flexibility index (Phi) is 5.83. The molecule has 0 nitrogen and oxygen atoms in total. The lowest BCUT2D eigenvalue weighted by molar-refractivity contribution is -0.0928. The van der Waals surface area contributed by atoms with Crippen LogP contribution in [-0.4, -0.2) is 6.18 Å². The van der Waals surface area contributed by atoms with Gasteiger partial charge in [0, 0.05) is 9.58 Å². The van der Waals surface area contributed by atoms with Crippen molar-refractivity contribution in [2.24, 2.45) is 0 Å². The van der Waals surface area contributed by atoms with Gasteiger partial charge in [0.2, 0.25) is 0 Å². The van der Waals surface area contributed by atoms with Crippen LogP contribution in [0, 0.1) is 0 Å². The fourth-order valence-corrected chi connectivity index (χ4v) is 3.54. The molecule has 134 valence electrons. The standard InChI is InChI=1S/C19H17F5S/c1-4-5-13-6-7-14-10-16(25-17(14)9-13)11(2)8-15(21)18(12(3)20)19(22,23)24/h6-10H,2,4-5H2,1,3H3/b15-8+,18-12-. The van der Waals surface area contributed by atoms with Crippen molar-refractivity contribution in [3.63, 3.8) is 0 Å². The van der Waals surface area contributed by atoms with Crippen molar-refractivity contribution in [1.82, 2.24) is 0 Å². The highest BCUT2D eigenvalue weighted by Crippen LogP contribution is 2.37. The normalized spacial score (nSPS) is 14.0. The third-order valence-corrected chi connectivity index (χ3v) is 4.78. The van der Waals surface area contributed by atoms with Crippen LogP contribution in [0.15, 0.2) is 54.1 Å². The number of hydrogen-bond donors (Lipinski definition) is 0. The summed E-state index contributed by atoms with van der Waals surface area (Å²) in [5.74, 6) is -3.30. The molecular weight excluding hydrogens is 355 g/mol. The third-order valence-electron chi connectivity index (χ3n) is 3.61. The van der Waals surface area contributed by atoms with Gasteiger partial charge in [0.15, 0.2) is 0 Å². The summed E-state index contributed by atoms with van der Waals surface area (Å²) in [6.45, 7) is 6.27. The van der Waals surface area contributed by atoms with E-state index >= 15 is 0 Å². The number of rotatable bonds is 5. The maximum absolute atomic E-state index is 14.0. The first kappa shape index (κ1) is 19.4. The molecule has 0 atom stereocenters. The number of hydrogen-bond acceptors (Lipinski definition) is 1. The number of thiophene rings is 1. The number of aryl methyl sites for hydroxylation is 1. The number of fused-ring (bicyclic) bond motifs is 1. The highest BCUT2D eigenvalue weighted by Gasteiger charge is 2.39.